The third-order valence-electron chi connectivity index (χ3n) is 4.62. The summed E-state index contributed by atoms with van der Waals surface area (Å²) in [5, 5.41) is 20.5. The zero-order valence-electron chi connectivity index (χ0n) is 15.6. The van der Waals surface area contributed by atoms with Gasteiger partial charge in [-0.25, -0.2) is 8.42 Å². The van der Waals surface area contributed by atoms with Crippen LogP contribution in [0.1, 0.15) is 13.8 Å². The number of nitrogens with zero attached hydrogens (tertiary/aromatic N) is 2. The molecule has 0 radical (unpaired) electrons. The van der Waals surface area contributed by atoms with Crippen molar-refractivity contribution < 1.29 is 36.6 Å². The van der Waals surface area contributed by atoms with Gasteiger partial charge in [0, 0.05) is 26.2 Å². The smallest absolute Gasteiger partial charge is 0.379 e. The summed E-state index contributed by atoms with van der Waals surface area (Å²) in [6, 6.07) is 3.15. The van der Waals surface area contributed by atoms with E-state index in [-0.39, 0.29) is 28.7 Å². The molecule has 29 heavy (non-hydrogen) atoms. The van der Waals surface area contributed by atoms with Crippen LogP contribution in [0.2, 0.25) is 5.02 Å². The molecule has 0 bridgehead atoms. The number of amides is 1. The first-order chi connectivity index (χ1) is 13.2. The van der Waals surface area contributed by atoms with Gasteiger partial charge in [-0.2, -0.15) is 17.5 Å². The van der Waals surface area contributed by atoms with E-state index in [4.69, 9.17) is 11.6 Å². The SMILES string of the molecule is CC(O)N1CCN(S(=O)(=O)c2ccc(NC(=O)C(C)(O)C(F)(F)F)c(Cl)c2)CC1. The van der Waals surface area contributed by atoms with Crippen molar-refractivity contribution in [1.82, 2.24) is 9.21 Å². The Kier molecular flexibility index (Phi) is 6.87. The van der Waals surface area contributed by atoms with Crippen LogP contribution < -0.4 is 5.32 Å². The van der Waals surface area contributed by atoms with Gasteiger partial charge in [0.05, 0.1) is 15.6 Å². The molecule has 8 nitrogen and oxygen atoms in total. The molecule has 0 saturated carbocycles. The predicted molar refractivity (Wildman–Crippen MR) is 98.8 cm³/mol. The molecule has 1 heterocycles. The molecule has 0 spiro atoms. The molecular formula is C16H21ClF3N3O5S. The highest BCUT2D eigenvalue weighted by Crippen LogP contribution is 2.33. The molecule has 1 fully saturated rings. The summed E-state index contributed by atoms with van der Waals surface area (Å²) in [5.74, 6) is -1.75. The van der Waals surface area contributed by atoms with Crippen LogP contribution in [-0.4, -0.2) is 77.9 Å². The van der Waals surface area contributed by atoms with Crippen LogP contribution in [0.4, 0.5) is 18.9 Å². The molecule has 2 rings (SSSR count). The lowest BCUT2D eigenvalue weighted by Crippen LogP contribution is -2.52. The highest BCUT2D eigenvalue weighted by atomic mass is 35.5. The maximum atomic E-state index is 12.8. The van der Waals surface area contributed by atoms with Gasteiger partial charge in [-0.05, 0) is 32.0 Å². The summed E-state index contributed by atoms with van der Waals surface area (Å²) < 4.78 is 64.9. The highest BCUT2D eigenvalue weighted by molar-refractivity contribution is 7.89. The Balaban J connectivity index is 2.18. The fraction of sp³-hybridized carbons (Fsp3) is 0.562. The number of hydrogen-bond acceptors (Lipinski definition) is 6. The lowest BCUT2D eigenvalue weighted by Gasteiger charge is -2.35. The van der Waals surface area contributed by atoms with E-state index in [1.807, 2.05) is 5.32 Å². The number of benzene rings is 1. The van der Waals surface area contributed by atoms with Crippen molar-refractivity contribution >= 4 is 33.2 Å². The van der Waals surface area contributed by atoms with Crippen LogP contribution in [0.15, 0.2) is 23.1 Å². The van der Waals surface area contributed by atoms with Crippen LogP contribution in [0, 0.1) is 0 Å². The minimum absolute atomic E-state index is 0.137. The maximum absolute atomic E-state index is 12.8. The Morgan fingerprint density at radius 2 is 1.79 bits per heavy atom. The highest BCUT2D eigenvalue weighted by Gasteiger charge is 2.55. The first-order valence-corrected chi connectivity index (χ1v) is 10.3. The predicted octanol–water partition coefficient (Wildman–Crippen LogP) is 1.24. The number of aliphatic hydroxyl groups excluding tert-OH is 1. The van der Waals surface area contributed by atoms with Gasteiger partial charge in [0.1, 0.15) is 6.23 Å². The second kappa shape index (κ2) is 8.36. The van der Waals surface area contributed by atoms with E-state index in [1.54, 1.807) is 11.8 Å². The number of halogens is 4. The van der Waals surface area contributed by atoms with Gasteiger partial charge < -0.3 is 15.5 Å². The summed E-state index contributed by atoms with van der Waals surface area (Å²) in [4.78, 5) is 13.3. The van der Waals surface area contributed by atoms with Gasteiger partial charge >= 0.3 is 6.18 Å². The normalized spacial score (nSPS) is 20.1. The fourth-order valence-electron chi connectivity index (χ4n) is 2.60. The average Bonchev–Trinajstić information content (AvgIpc) is 2.62. The van der Waals surface area contributed by atoms with Gasteiger partial charge in [-0.1, -0.05) is 11.6 Å². The summed E-state index contributed by atoms with van der Waals surface area (Å²) in [7, 11) is -3.93. The van der Waals surface area contributed by atoms with Gasteiger partial charge in [-0.3, -0.25) is 9.69 Å². The van der Waals surface area contributed by atoms with E-state index in [9.17, 15) is 36.6 Å². The Morgan fingerprint density at radius 3 is 2.24 bits per heavy atom. The van der Waals surface area contributed by atoms with Crippen LogP contribution in [0.5, 0.6) is 0 Å². The Labute approximate surface area is 170 Å². The Bertz CT molecular complexity index is 869. The van der Waals surface area contributed by atoms with E-state index in [2.05, 4.69) is 0 Å². The number of nitrogens with one attached hydrogen (secondary N) is 1. The first kappa shape index (κ1) is 23.8. The van der Waals surface area contributed by atoms with Crippen molar-refractivity contribution in [2.24, 2.45) is 0 Å². The molecule has 2 atom stereocenters. The number of hydrogen-bond donors (Lipinski definition) is 3. The number of alkyl halides is 3. The minimum Gasteiger partial charge on any atom is -0.379 e. The second-order valence-electron chi connectivity index (χ2n) is 6.74. The molecule has 1 aromatic rings. The molecule has 0 aliphatic carbocycles. The third-order valence-corrected chi connectivity index (χ3v) is 6.83. The largest absolute Gasteiger partial charge is 0.426 e. The Hall–Kier alpha value is -1.44. The second-order valence-corrected chi connectivity index (χ2v) is 9.08. The van der Waals surface area contributed by atoms with Crippen molar-refractivity contribution in [3.63, 3.8) is 0 Å². The van der Waals surface area contributed by atoms with E-state index < -0.39 is 33.9 Å². The molecule has 3 N–H and O–H groups in total. The zero-order chi connectivity index (χ0) is 22.2. The van der Waals surface area contributed by atoms with E-state index >= 15 is 0 Å². The number of carbonyl (C=O) groups excluding carboxylic acids is 1. The molecule has 164 valence electrons. The quantitative estimate of drug-likeness (QED) is 0.611. The molecule has 1 aliphatic rings. The van der Waals surface area contributed by atoms with Gasteiger partial charge in [-0.15, -0.1) is 0 Å². The molecule has 13 heteroatoms. The van der Waals surface area contributed by atoms with Crippen LogP contribution >= 0.6 is 11.6 Å². The monoisotopic (exact) mass is 459 g/mol. The first-order valence-electron chi connectivity index (χ1n) is 8.50. The number of rotatable bonds is 5. The molecule has 2 unspecified atom stereocenters. The Morgan fingerprint density at radius 1 is 1.24 bits per heavy atom. The summed E-state index contributed by atoms with van der Waals surface area (Å²) >= 11 is 5.95. The van der Waals surface area contributed by atoms with Gasteiger partial charge in [0.25, 0.3) is 5.91 Å². The van der Waals surface area contributed by atoms with E-state index in [1.165, 1.54) is 4.31 Å². The lowest BCUT2D eigenvalue weighted by atomic mass is 10.1. The molecule has 1 saturated heterocycles. The zero-order valence-corrected chi connectivity index (χ0v) is 17.1. The number of anilines is 1. The maximum Gasteiger partial charge on any atom is 0.426 e. The van der Waals surface area contributed by atoms with Crippen molar-refractivity contribution in [3.05, 3.63) is 23.2 Å². The van der Waals surface area contributed by atoms with E-state index in [0.29, 0.717) is 20.0 Å². The summed E-state index contributed by atoms with van der Waals surface area (Å²) in [5.41, 5.74) is -3.93. The molecule has 0 aromatic heterocycles. The average molecular weight is 460 g/mol. The van der Waals surface area contributed by atoms with Crippen LogP contribution in [-0.2, 0) is 14.8 Å². The third kappa shape index (κ3) is 5.01. The van der Waals surface area contributed by atoms with Crippen molar-refractivity contribution in [3.8, 4) is 0 Å². The van der Waals surface area contributed by atoms with Crippen LogP contribution in [0.3, 0.4) is 0 Å². The summed E-state index contributed by atoms with van der Waals surface area (Å²) in [6.07, 6.45) is -5.91. The van der Waals surface area contributed by atoms with Gasteiger partial charge in [0.15, 0.2) is 0 Å². The number of aliphatic hydroxyl groups is 2. The van der Waals surface area contributed by atoms with Crippen molar-refractivity contribution in [2.45, 2.75) is 36.7 Å². The topological polar surface area (TPSA) is 110 Å². The number of sulfonamides is 1. The molecular weight excluding hydrogens is 439 g/mol. The number of piperazine rings is 1. The van der Waals surface area contributed by atoms with Crippen molar-refractivity contribution in [2.75, 3.05) is 31.5 Å². The van der Waals surface area contributed by atoms with Crippen molar-refractivity contribution in [1.29, 1.82) is 0 Å². The lowest BCUT2D eigenvalue weighted by molar-refractivity contribution is -0.242. The molecule has 1 amide bonds. The fourth-order valence-corrected chi connectivity index (χ4v) is 4.34. The minimum atomic E-state index is -5.21. The summed E-state index contributed by atoms with van der Waals surface area (Å²) in [6.45, 7) is 2.79. The van der Waals surface area contributed by atoms with Gasteiger partial charge in [0.2, 0.25) is 15.6 Å². The molecule has 1 aliphatic heterocycles. The van der Waals surface area contributed by atoms with Crippen LogP contribution in [0.25, 0.3) is 0 Å². The number of carbonyl (C=O) groups is 1. The molecule has 1 aromatic carbocycles. The van der Waals surface area contributed by atoms with E-state index in [0.717, 1.165) is 18.2 Å². The standard InChI is InChI=1S/C16H21ClF3N3O5S/c1-10(24)22-5-7-23(8-6-22)29(27,28)11-3-4-13(12(17)9-11)21-14(25)15(2,26)16(18,19)20/h3-4,9-10,24,26H,5-8H2,1-2H3,(H,21,25).